The Morgan fingerprint density at radius 1 is 1.27 bits per heavy atom. The van der Waals surface area contributed by atoms with Crippen molar-refractivity contribution in [1.29, 1.82) is 0 Å². The second kappa shape index (κ2) is 7.24. The van der Waals surface area contributed by atoms with Gasteiger partial charge in [0.05, 0.1) is 0 Å². The van der Waals surface area contributed by atoms with Gasteiger partial charge in [0.15, 0.2) is 0 Å². The van der Waals surface area contributed by atoms with Crippen LogP contribution >= 0.6 is 0 Å². The molecule has 15 heavy (non-hydrogen) atoms. The Labute approximate surface area is 95.4 Å². The van der Waals surface area contributed by atoms with Gasteiger partial charge in [0.1, 0.15) is 0 Å². The molecule has 1 atom stereocenters. The fourth-order valence-corrected chi connectivity index (χ4v) is 2.33. The highest BCUT2D eigenvalue weighted by atomic mass is 15.1. The molecular formula is C13H28N2. The summed E-state index contributed by atoms with van der Waals surface area (Å²) in [7, 11) is 0. The van der Waals surface area contributed by atoms with Crippen LogP contribution in [0.1, 0.15) is 40.0 Å². The van der Waals surface area contributed by atoms with Gasteiger partial charge >= 0.3 is 0 Å². The summed E-state index contributed by atoms with van der Waals surface area (Å²) in [5.41, 5.74) is 0. The first-order valence-electron chi connectivity index (χ1n) is 6.69. The second-order valence-corrected chi connectivity index (χ2v) is 5.06. The van der Waals surface area contributed by atoms with Gasteiger partial charge in [0.2, 0.25) is 0 Å². The fraction of sp³-hybridized carbons (Fsp3) is 1.00. The molecule has 0 saturated carbocycles. The van der Waals surface area contributed by atoms with E-state index < -0.39 is 0 Å². The zero-order valence-corrected chi connectivity index (χ0v) is 10.8. The van der Waals surface area contributed by atoms with E-state index in [-0.39, 0.29) is 0 Å². The Balaban J connectivity index is 2.25. The number of hydrogen-bond acceptors (Lipinski definition) is 2. The van der Waals surface area contributed by atoms with Crippen LogP contribution < -0.4 is 5.32 Å². The third kappa shape index (κ3) is 4.98. The summed E-state index contributed by atoms with van der Waals surface area (Å²) >= 11 is 0. The van der Waals surface area contributed by atoms with E-state index in [4.69, 9.17) is 0 Å². The van der Waals surface area contributed by atoms with Crippen LogP contribution in [0.25, 0.3) is 0 Å². The lowest BCUT2D eigenvalue weighted by molar-refractivity contribution is 0.190. The van der Waals surface area contributed by atoms with Gasteiger partial charge in [0, 0.05) is 13.1 Å². The molecule has 0 bridgehead atoms. The Morgan fingerprint density at radius 3 is 2.47 bits per heavy atom. The Hall–Kier alpha value is -0.0800. The molecule has 1 fully saturated rings. The van der Waals surface area contributed by atoms with E-state index in [0.717, 1.165) is 11.8 Å². The number of rotatable bonds is 6. The van der Waals surface area contributed by atoms with Crippen molar-refractivity contribution in [2.24, 2.45) is 11.8 Å². The van der Waals surface area contributed by atoms with Crippen LogP contribution in [0.2, 0.25) is 0 Å². The number of hydrogen-bond donors (Lipinski definition) is 1. The van der Waals surface area contributed by atoms with Gasteiger partial charge in [-0.25, -0.2) is 0 Å². The summed E-state index contributed by atoms with van der Waals surface area (Å²) in [6.45, 7) is 13.2. The van der Waals surface area contributed by atoms with Gasteiger partial charge in [-0.15, -0.1) is 0 Å². The maximum absolute atomic E-state index is 3.44. The first kappa shape index (κ1) is 13.0. The van der Waals surface area contributed by atoms with E-state index in [0.29, 0.717) is 0 Å². The quantitative estimate of drug-likeness (QED) is 0.727. The zero-order chi connectivity index (χ0) is 11.1. The molecular weight excluding hydrogens is 184 g/mol. The van der Waals surface area contributed by atoms with E-state index in [1.165, 1.54) is 52.0 Å². The van der Waals surface area contributed by atoms with Crippen molar-refractivity contribution in [1.82, 2.24) is 10.2 Å². The van der Waals surface area contributed by atoms with E-state index >= 15 is 0 Å². The molecule has 2 heteroatoms. The average Bonchev–Trinajstić information content (AvgIpc) is 2.29. The van der Waals surface area contributed by atoms with E-state index in [1.54, 1.807) is 0 Å². The SMILES string of the molecule is CCC(C)CN(CC)CC1CCNCC1. The molecule has 1 unspecified atom stereocenters. The Bertz CT molecular complexity index is 153. The smallest absolute Gasteiger partial charge is 0.00106 e. The topological polar surface area (TPSA) is 15.3 Å². The summed E-state index contributed by atoms with van der Waals surface area (Å²) in [4.78, 5) is 2.64. The number of nitrogens with one attached hydrogen (secondary N) is 1. The molecule has 1 N–H and O–H groups in total. The molecule has 1 aliphatic heterocycles. The van der Waals surface area contributed by atoms with Crippen molar-refractivity contribution in [3.8, 4) is 0 Å². The highest BCUT2D eigenvalue weighted by molar-refractivity contribution is 4.72. The predicted octanol–water partition coefficient (Wildman–Crippen LogP) is 2.35. The minimum Gasteiger partial charge on any atom is -0.317 e. The Kier molecular flexibility index (Phi) is 6.26. The van der Waals surface area contributed by atoms with Gasteiger partial charge in [-0.05, 0) is 44.3 Å². The standard InChI is InChI=1S/C13H28N2/c1-4-12(3)10-15(5-2)11-13-6-8-14-9-7-13/h12-14H,4-11H2,1-3H3. The highest BCUT2D eigenvalue weighted by Gasteiger charge is 2.16. The summed E-state index contributed by atoms with van der Waals surface area (Å²) in [6.07, 6.45) is 4.05. The third-order valence-electron chi connectivity index (χ3n) is 3.69. The minimum atomic E-state index is 0.853. The van der Waals surface area contributed by atoms with E-state index in [9.17, 15) is 0 Å². The van der Waals surface area contributed by atoms with Gasteiger partial charge in [-0.3, -0.25) is 0 Å². The lowest BCUT2D eigenvalue weighted by atomic mass is 9.97. The molecule has 0 aromatic rings. The minimum absolute atomic E-state index is 0.853. The van der Waals surface area contributed by atoms with Crippen molar-refractivity contribution in [2.75, 3.05) is 32.7 Å². The molecule has 1 heterocycles. The molecule has 1 aliphatic rings. The van der Waals surface area contributed by atoms with Crippen molar-refractivity contribution >= 4 is 0 Å². The molecule has 90 valence electrons. The number of nitrogens with zero attached hydrogens (tertiary/aromatic N) is 1. The molecule has 1 rings (SSSR count). The van der Waals surface area contributed by atoms with Crippen molar-refractivity contribution in [2.45, 2.75) is 40.0 Å². The van der Waals surface area contributed by atoms with Crippen LogP contribution in [-0.2, 0) is 0 Å². The van der Waals surface area contributed by atoms with Crippen LogP contribution in [-0.4, -0.2) is 37.6 Å². The molecule has 0 amide bonds. The molecule has 0 aromatic heterocycles. The molecule has 0 spiro atoms. The molecule has 1 saturated heterocycles. The van der Waals surface area contributed by atoms with Crippen LogP contribution in [0.5, 0.6) is 0 Å². The Morgan fingerprint density at radius 2 is 1.93 bits per heavy atom. The molecule has 0 aromatic carbocycles. The zero-order valence-electron chi connectivity index (χ0n) is 10.8. The summed E-state index contributed by atoms with van der Waals surface area (Å²) in [5, 5.41) is 3.44. The molecule has 2 nitrogen and oxygen atoms in total. The van der Waals surface area contributed by atoms with Gasteiger partial charge in [-0.1, -0.05) is 27.2 Å². The van der Waals surface area contributed by atoms with Gasteiger partial charge < -0.3 is 10.2 Å². The normalized spacial score (nSPS) is 20.8. The summed E-state index contributed by atoms with van der Waals surface area (Å²) in [5.74, 6) is 1.79. The lowest BCUT2D eigenvalue weighted by Gasteiger charge is -2.30. The largest absolute Gasteiger partial charge is 0.317 e. The van der Waals surface area contributed by atoms with Gasteiger partial charge in [-0.2, -0.15) is 0 Å². The van der Waals surface area contributed by atoms with Crippen LogP contribution in [0.15, 0.2) is 0 Å². The van der Waals surface area contributed by atoms with Crippen LogP contribution in [0, 0.1) is 11.8 Å². The van der Waals surface area contributed by atoms with Crippen LogP contribution in [0.4, 0.5) is 0 Å². The average molecular weight is 212 g/mol. The highest BCUT2D eigenvalue weighted by Crippen LogP contribution is 2.14. The summed E-state index contributed by atoms with van der Waals surface area (Å²) < 4.78 is 0. The van der Waals surface area contributed by atoms with Crippen LogP contribution in [0.3, 0.4) is 0 Å². The molecule has 0 aliphatic carbocycles. The maximum atomic E-state index is 3.44. The van der Waals surface area contributed by atoms with Gasteiger partial charge in [0.25, 0.3) is 0 Å². The second-order valence-electron chi connectivity index (χ2n) is 5.06. The van der Waals surface area contributed by atoms with Crippen molar-refractivity contribution in [3.05, 3.63) is 0 Å². The number of piperidine rings is 1. The fourth-order valence-electron chi connectivity index (χ4n) is 2.33. The lowest BCUT2D eigenvalue weighted by Crippen LogP contribution is -2.37. The molecule has 0 radical (unpaired) electrons. The third-order valence-corrected chi connectivity index (χ3v) is 3.69. The van der Waals surface area contributed by atoms with Crippen molar-refractivity contribution in [3.63, 3.8) is 0 Å². The van der Waals surface area contributed by atoms with Crippen molar-refractivity contribution < 1.29 is 0 Å². The first-order chi connectivity index (χ1) is 7.26. The van der Waals surface area contributed by atoms with E-state index in [2.05, 4.69) is 31.0 Å². The maximum Gasteiger partial charge on any atom is 0.00106 e. The van der Waals surface area contributed by atoms with E-state index in [1.807, 2.05) is 0 Å². The monoisotopic (exact) mass is 212 g/mol. The first-order valence-corrected chi connectivity index (χ1v) is 6.69. The summed E-state index contributed by atoms with van der Waals surface area (Å²) in [6, 6.07) is 0. The predicted molar refractivity (Wildman–Crippen MR) is 67.2 cm³/mol.